The molecular weight excluding hydrogens is 278 g/mol. The molecule has 0 aromatic heterocycles. The fraction of sp³-hybridized carbons (Fsp3) is 0.385. The van der Waals surface area contributed by atoms with Crippen LogP contribution in [0, 0.1) is 16.0 Å². The van der Waals surface area contributed by atoms with E-state index in [-0.39, 0.29) is 35.3 Å². The molecule has 1 unspecified atom stereocenters. The van der Waals surface area contributed by atoms with Crippen LogP contribution in [0.1, 0.15) is 17.3 Å². The summed E-state index contributed by atoms with van der Waals surface area (Å²) >= 11 is 0. The molecule has 0 radical (unpaired) electrons. The second-order valence-electron chi connectivity index (χ2n) is 4.66. The molecule has 0 saturated heterocycles. The van der Waals surface area contributed by atoms with Crippen molar-refractivity contribution in [1.29, 1.82) is 0 Å². The standard InChI is InChI=1S/C13H17N3O5/c1-8(12(17)14-2)7-15(3)10-5-4-9(13(18)19)6-11(10)16(20)21/h4-6,8H,7H2,1-3H3,(H,14,17)(H,18,19). The SMILES string of the molecule is CNC(=O)C(C)CN(C)c1ccc(C(=O)O)cc1[N+](=O)[O-]. The predicted molar refractivity (Wildman–Crippen MR) is 76.6 cm³/mol. The van der Waals surface area contributed by atoms with Crippen LogP contribution in [-0.2, 0) is 4.79 Å². The van der Waals surface area contributed by atoms with Crippen molar-refractivity contribution in [2.24, 2.45) is 5.92 Å². The number of nitrogens with zero attached hydrogens (tertiary/aromatic N) is 2. The first-order chi connectivity index (χ1) is 9.77. The molecular formula is C13H17N3O5. The van der Waals surface area contributed by atoms with E-state index in [0.29, 0.717) is 0 Å². The third-order valence-electron chi connectivity index (χ3n) is 3.07. The number of aromatic carboxylic acids is 1. The number of hydrogen-bond donors (Lipinski definition) is 2. The van der Waals surface area contributed by atoms with Gasteiger partial charge in [0.25, 0.3) is 5.69 Å². The quantitative estimate of drug-likeness (QED) is 0.600. The summed E-state index contributed by atoms with van der Waals surface area (Å²) in [6.07, 6.45) is 0. The van der Waals surface area contributed by atoms with Gasteiger partial charge in [0.1, 0.15) is 5.69 Å². The van der Waals surface area contributed by atoms with Crippen molar-refractivity contribution in [3.8, 4) is 0 Å². The van der Waals surface area contributed by atoms with Crippen LogP contribution in [-0.4, -0.2) is 42.5 Å². The minimum Gasteiger partial charge on any atom is -0.478 e. The Morgan fingerprint density at radius 3 is 2.57 bits per heavy atom. The number of nitro groups is 1. The lowest BCUT2D eigenvalue weighted by atomic mass is 10.1. The maximum Gasteiger partial charge on any atom is 0.335 e. The molecule has 0 heterocycles. The molecule has 0 saturated carbocycles. The van der Waals surface area contributed by atoms with Gasteiger partial charge in [-0.25, -0.2) is 4.79 Å². The maximum atomic E-state index is 11.5. The number of hydrogen-bond acceptors (Lipinski definition) is 5. The Hall–Kier alpha value is -2.64. The Labute approximate surface area is 121 Å². The number of carboxylic acid groups (broad SMARTS) is 1. The lowest BCUT2D eigenvalue weighted by Crippen LogP contribution is -2.34. The highest BCUT2D eigenvalue weighted by Crippen LogP contribution is 2.29. The van der Waals surface area contributed by atoms with E-state index in [9.17, 15) is 19.7 Å². The molecule has 1 aromatic carbocycles. The fourth-order valence-corrected chi connectivity index (χ4v) is 1.96. The summed E-state index contributed by atoms with van der Waals surface area (Å²) in [5, 5.41) is 22.5. The van der Waals surface area contributed by atoms with Crippen molar-refractivity contribution >= 4 is 23.3 Å². The van der Waals surface area contributed by atoms with Crippen LogP contribution in [0.2, 0.25) is 0 Å². The topological polar surface area (TPSA) is 113 Å². The number of carbonyl (C=O) groups excluding carboxylic acids is 1. The smallest absolute Gasteiger partial charge is 0.335 e. The van der Waals surface area contributed by atoms with Crippen LogP contribution >= 0.6 is 0 Å². The molecule has 1 amide bonds. The van der Waals surface area contributed by atoms with E-state index < -0.39 is 10.9 Å². The molecule has 0 aliphatic carbocycles. The van der Waals surface area contributed by atoms with Gasteiger partial charge in [0.05, 0.1) is 16.4 Å². The normalized spacial score (nSPS) is 11.6. The summed E-state index contributed by atoms with van der Waals surface area (Å²) in [5.41, 5.74) is -0.194. The zero-order chi connectivity index (χ0) is 16.2. The van der Waals surface area contributed by atoms with Gasteiger partial charge in [0.15, 0.2) is 0 Å². The van der Waals surface area contributed by atoms with Crippen LogP contribution in [0.25, 0.3) is 0 Å². The number of benzene rings is 1. The third kappa shape index (κ3) is 3.91. The van der Waals surface area contributed by atoms with Gasteiger partial charge in [-0.05, 0) is 12.1 Å². The number of carboxylic acids is 1. The Kier molecular flexibility index (Phi) is 5.23. The minimum atomic E-state index is -1.23. The van der Waals surface area contributed by atoms with Crippen molar-refractivity contribution in [1.82, 2.24) is 5.32 Å². The van der Waals surface area contributed by atoms with E-state index >= 15 is 0 Å². The van der Waals surface area contributed by atoms with Crippen LogP contribution in [0.3, 0.4) is 0 Å². The van der Waals surface area contributed by atoms with Crippen LogP contribution in [0.4, 0.5) is 11.4 Å². The van der Waals surface area contributed by atoms with Crippen molar-refractivity contribution in [2.45, 2.75) is 6.92 Å². The Morgan fingerprint density at radius 2 is 2.10 bits per heavy atom. The Balaban J connectivity index is 3.08. The number of carbonyl (C=O) groups is 2. The fourth-order valence-electron chi connectivity index (χ4n) is 1.96. The van der Waals surface area contributed by atoms with E-state index in [4.69, 9.17) is 5.11 Å². The predicted octanol–water partition coefficient (Wildman–Crippen LogP) is 1.11. The summed E-state index contributed by atoms with van der Waals surface area (Å²) in [5.74, 6) is -1.77. The molecule has 8 heteroatoms. The van der Waals surface area contributed by atoms with Gasteiger partial charge in [-0.15, -0.1) is 0 Å². The largest absolute Gasteiger partial charge is 0.478 e. The molecule has 0 fully saturated rings. The average molecular weight is 295 g/mol. The van der Waals surface area contributed by atoms with Gasteiger partial charge in [0, 0.05) is 26.7 Å². The van der Waals surface area contributed by atoms with Gasteiger partial charge >= 0.3 is 5.97 Å². The van der Waals surface area contributed by atoms with E-state index in [1.165, 1.54) is 19.2 Å². The summed E-state index contributed by atoms with van der Waals surface area (Å²) in [4.78, 5) is 34.4. The third-order valence-corrected chi connectivity index (χ3v) is 3.07. The van der Waals surface area contributed by atoms with E-state index in [1.807, 2.05) is 0 Å². The summed E-state index contributed by atoms with van der Waals surface area (Å²) in [7, 11) is 3.13. The molecule has 1 aromatic rings. The van der Waals surface area contributed by atoms with E-state index in [2.05, 4.69) is 5.32 Å². The van der Waals surface area contributed by atoms with Crippen molar-refractivity contribution in [3.63, 3.8) is 0 Å². The highest BCUT2D eigenvalue weighted by molar-refractivity contribution is 5.90. The molecule has 0 aliphatic heterocycles. The number of anilines is 1. The van der Waals surface area contributed by atoms with Gasteiger partial charge < -0.3 is 15.3 Å². The second-order valence-corrected chi connectivity index (χ2v) is 4.66. The van der Waals surface area contributed by atoms with Crippen LogP contribution < -0.4 is 10.2 Å². The van der Waals surface area contributed by atoms with Gasteiger partial charge in [-0.1, -0.05) is 6.92 Å². The summed E-state index contributed by atoms with van der Waals surface area (Å²) in [6, 6.07) is 3.68. The maximum absolute atomic E-state index is 11.5. The Bertz CT molecular complexity index is 573. The number of nitro benzene ring substituents is 1. The summed E-state index contributed by atoms with van der Waals surface area (Å²) in [6.45, 7) is 1.97. The monoisotopic (exact) mass is 295 g/mol. The Morgan fingerprint density at radius 1 is 1.48 bits per heavy atom. The number of rotatable bonds is 6. The molecule has 21 heavy (non-hydrogen) atoms. The first kappa shape index (κ1) is 16.4. The van der Waals surface area contributed by atoms with Crippen LogP contribution in [0.15, 0.2) is 18.2 Å². The highest BCUT2D eigenvalue weighted by Gasteiger charge is 2.22. The zero-order valence-corrected chi connectivity index (χ0v) is 12.0. The van der Waals surface area contributed by atoms with E-state index in [1.54, 1.807) is 18.9 Å². The zero-order valence-electron chi connectivity index (χ0n) is 12.0. The molecule has 0 aliphatic rings. The number of nitrogens with one attached hydrogen (secondary N) is 1. The molecule has 1 rings (SSSR count). The first-order valence-corrected chi connectivity index (χ1v) is 6.22. The van der Waals surface area contributed by atoms with Crippen molar-refractivity contribution < 1.29 is 19.6 Å². The first-order valence-electron chi connectivity index (χ1n) is 6.22. The van der Waals surface area contributed by atoms with Gasteiger partial charge in [0.2, 0.25) is 5.91 Å². The van der Waals surface area contributed by atoms with Gasteiger partial charge in [-0.3, -0.25) is 14.9 Å². The van der Waals surface area contributed by atoms with Crippen molar-refractivity contribution in [3.05, 3.63) is 33.9 Å². The lowest BCUT2D eigenvalue weighted by molar-refractivity contribution is -0.384. The molecule has 114 valence electrons. The molecule has 0 spiro atoms. The molecule has 2 N–H and O–H groups in total. The van der Waals surface area contributed by atoms with Gasteiger partial charge in [-0.2, -0.15) is 0 Å². The molecule has 1 atom stereocenters. The second kappa shape index (κ2) is 6.69. The van der Waals surface area contributed by atoms with E-state index in [0.717, 1.165) is 6.07 Å². The lowest BCUT2D eigenvalue weighted by Gasteiger charge is -2.22. The highest BCUT2D eigenvalue weighted by atomic mass is 16.6. The molecule has 0 bridgehead atoms. The minimum absolute atomic E-state index is 0.154. The van der Waals surface area contributed by atoms with Crippen molar-refractivity contribution in [2.75, 3.05) is 25.5 Å². The summed E-state index contributed by atoms with van der Waals surface area (Å²) < 4.78 is 0. The number of amides is 1. The molecule has 8 nitrogen and oxygen atoms in total. The van der Waals surface area contributed by atoms with Crippen LogP contribution in [0.5, 0.6) is 0 Å². The average Bonchev–Trinajstić information content (AvgIpc) is 2.45.